The van der Waals surface area contributed by atoms with Crippen molar-refractivity contribution in [1.82, 2.24) is 9.55 Å². The number of para-hydroxylation sites is 2. The van der Waals surface area contributed by atoms with Gasteiger partial charge < -0.3 is 5.32 Å². The standard InChI is InChI=1S/C25H23N3O/c1-17-19(14-18-12-13-18)15-22-23(29)16-24(27-20-8-4-2-5-9-20)28(25(22)26-17)21-10-6-3-7-11-21/h2-11,15-16,18,27H,12-14H2,1H3. The number of hydrogen-bond acceptors (Lipinski definition) is 3. The lowest BCUT2D eigenvalue weighted by Crippen LogP contribution is -2.15. The maximum atomic E-state index is 13.0. The number of anilines is 2. The third-order valence-corrected chi connectivity index (χ3v) is 5.55. The SMILES string of the molecule is Cc1nc2c(cc1CC1CC1)c(=O)cc(Nc1ccccc1)n2-c1ccccc1. The predicted octanol–water partition coefficient (Wildman–Crippen LogP) is 5.39. The van der Waals surface area contributed by atoms with E-state index in [4.69, 9.17) is 4.98 Å². The zero-order chi connectivity index (χ0) is 19.8. The van der Waals surface area contributed by atoms with Gasteiger partial charge in [0.25, 0.3) is 0 Å². The molecule has 5 rings (SSSR count). The molecule has 4 nitrogen and oxygen atoms in total. The lowest BCUT2D eigenvalue weighted by molar-refractivity contribution is 0.819. The van der Waals surface area contributed by atoms with E-state index in [0.717, 1.165) is 29.4 Å². The summed E-state index contributed by atoms with van der Waals surface area (Å²) in [4.78, 5) is 18.0. The zero-order valence-corrected chi connectivity index (χ0v) is 16.4. The molecule has 2 heterocycles. The van der Waals surface area contributed by atoms with Crippen molar-refractivity contribution in [3.8, 4) is 5.69 Å². The fraction of sp³-hybridized carbons (Fsp3) is 0.200. The van der Waals surface area contributed by atoms with Crippen molar-refractivity contribution in [3.63, 3.8) is 0 Å². The Hall–Kier alpha value is -3.40. The quantitative estimate of drug-likeness (QED) is 0.504. The second kappa shape index (κ2) is 7.21. The van der Waals surface area contributed by atoms with Gasteiger partial charge in [0.15, 0.2) is 5.43 Å². The molecule has 29 heavy (non-hydrogen) atoms. The molecule has 0 aliphatic heterocycles. The molecule has 4 aromatic rings. The van der Waals surface area contributed by atoms with E-state index in [1.165, 1.54) is 18.4 Å². The van der Waals surface area contributed by atoms with Crippen LogP contribution in [0.4, 0.5) is 11.5 Å². The molecule has 0 unspecified atom stereocenters. The highest BCUT2D eigenvalue weighted by atomic mass is 16.1. The van der Waals surface area contributed by atoms with E-state index in [2.05, 4.69) is 11.4 Å². The summed E-state index contributed by atoms with van der Waals surface area (Å²) >= 11 is 0. The highest BCUT2D eigenvalue weighted by Gasteiger charge is 2.23. The smallest absolute Gasteiger partial charge is 0.193 e. The minimum absolute atomic E-state index is 0.00448. The Morgan fingerprint density at radius 3 is 2.38 bits per heavy atom. The van der Waals surface area contributed by atoms with Gasteiger partial charge in [0, 0.05) is 23.1 Å². The summed E-state index contributed by atoms with van der Waals surface area (Å²) in [7, 11) is 0. The van der Waals surface area contributed by atoms with Crippen molar-refractivity contribution in [2.75, 3.05) is 5.32 Å². The Labute approximate surface area is 169 Å². The lowest BCUT2D eigenvalue weighted by Gasteiger charge is -2.19. The normalized spacial score (nSPS) is 13.6. The second-order valence-corrected chi connectivity index (χ2v) is 7.81. The van der Waals surface area contributed by atoms with Crippen molar-refractivity contribution < 1.29 is 0 Å². The number of rotatable bonds is 5. The molecule has 1 aliphatic carbocycles. The minimum Gasteiger partial charge on any atom is -0.341 e. The highest BCUT2D eigenvalue weighted by Crippen LogP contribution is 2.34. The van der Waals surface area contributed by atoms with Crippen LogP contribution in [0.25, 0.3) is 16.7 Å². The average Bonchev–Trinajstić information content (AvgIpc) is 3.55. The summed E-state index contributed by atoms with van der Waals surface area (Å²) < 4.78 is 2.04. The molecule has 0 saturated heterocycles. The van der Waals surface area contributed by atoms with Crippen molar-refractivity contribution in [2.24, 2.45) is 5.92 Å². The molecule has 0 amide bonds. The van der Waals surface area contributed by atoms with Gasteiger partial charge in [-0.15, -0.1) is 0 Å². The van der Waals surface area contributed by atoms with Crippen LogP contribution in [0.1, 0.15) is 24.1 Å². The molecule has 144 valence electrons. The molecule has 1 aliphatic rings. The van der Waals surface area contributed by atoms with Gasteiger partial charge in [-0.1, -0.05) is 36.4 Å². The Morgan fingerprint density at radius 2 is 1.69 bits per heavy atom. The van der Waals surface area contributed by atoms with Crippen molar-refractivity contribution in [2.45, 2.75) is 26.2 Å². The van der Waals surface area contributed by atoms with Crippen LogP contribution in [0.2, 0.25) is 0 Å². The van der Waals surface area contributed by atoms with Crippen LogP contribution in [0.15, 0.2) is 77.6 Å². The molecule has 0 atom stereocenters. The number of nitrogens with zero attached hydrogens (tertiary/aromatic N) is 2. The summed E-state index contributed by atoms with van der Waals surface area (Å²) in [6.45, 7) is 2.05. The van der Waals surface area contributed by atoms with E-state index in [0.29, 0.717) is 16.9 Å². The molecule has 0 radical (unpaired) electrons. The number of hydrogen-bond donors (Lipinski definition) is 1. The molecule has 1 N–H and O–H groups in total. The molecule has 2 aromatic carbocycles. The number of pyridine rings is 2. The molecule has 1 fully saturated rings. The van der Waals surface area contributed by atoms with Gasteiger partial charge in [-0.25, -0.2) is 4.98 Å². The summed E-state index contributed by atoms with van der Waals surface area (Å²) in [6.07, 6.45) is 3.58. The van der Waals surface area contributed by atoms with Gasteiger partial charge >= 0.3 is 0 Å². The average molecular weight is 381 g/mol. The molecule has 2 aromatic heterocycles. The van der Waals surface area contributed by atoms with Crippen molar-refractivity contribution >= 4 is 22.5 Å². The molecular formula is C25H23N3O. The van der Waals surface area contributed by atoms with Gasteiger partial charge in [-0.2, -0.15) is 0 Å². The number of fused-ring (bicyclic) bond motifs is 1. The monoisotopic (exact) mass is 381 g/mol. The fourth-order valence-corrected chi connectivity index (χ4v) is 3.81. The first-order chi connectivity index (χ1) is 14.2. The van der Waals surface area contributed by atoms with E-state index in [9.17, 15) is 4.79 Å². The van der Waals surface area contributed by atoms with Gasteiger partial charge in [-0.3, -0.25) is 9.36 Å². The van der Waals surface area contributed by atoms with E-state index >= 15 is 0 Å². The van der Waals surface area contributed by atoms with E-state index in [1.54, 1.807) is 6.07 Å². The lowest BCUT2D eigenvalue weighted by atomic mass is 10.1. The summed E-state index contributed by atoms with van der Waals surface area (Å²) in [6, 6.07) is 23.7. The molecule has 4 heteroatoms. The summed E-state index contributed by atoms with van der Waals surface area (Å²) in [5.41, 5.74) is 4.79. The van der Waals surface area contributed by atoms with E-state index < -0.39 is 0 Å². The first-order valence-electron chi connectivity index (χ1n) is 10.1. The topological polar surface area (TPSA) is 46.9 Å². The first-order valence-corrected chi connectivity index (χ1v) is 10.1. The van der Waals surface area contributed by atoms with Gasteiger partial charge in [0.05, 0.1) is 5.39 Å². The minimum atomic E-state index is -0.00448. The van der Waals surface area contributed by atoms with E-state index in [-0.39, 0.29) is 5.43 Å². The number of nitrogens with one attached hydrogen (secondary N) is 1. The van der Waals surface area contributed by atoms with Crippen LogP contribution in [0, 0.1) is 12.8 Å². The zero-order valence-electron chi connectivity index (χ0n) is 16.4. The van der Waals surface area contributed by atoms with Crippen LogP contribution in [-0.2, 0) is 6.42 Å². The van der Waals surface area contributed by atoms with Crippen molar-refractivity contribution in [3.05, 3.63) is 94.3 Å². The van der Waals surface area contributed by atoms with Gasteiger partial charge in [0.2, 0.25) is 0 Å². The Kier molecular flexibility index (Phi) is 4.39. The maximum Gasteiger partial charge on any atom is 0.193 e. The summed E-state index contributed by atoms with van der Waals surface area (Å²) in [5, 5.41) is 4.08. The van der Waals surface area contributed by atoms with Gasteiger partial charge in [0.1, 0.15) is 11.5 Å². The molecule has 0 spiro atoms. The Balaban J connectivity index is 1.74. The summed E-state index contributed by atoms with van der Waals surface area (Å²) in [5.74, 6) is 1.46. The van der Waals surface area contributed by atoms with Crippen LogP contribution in [-0.4, -0.2) is 9.55 Å². The number of aryl methyl sites for hydroxylation is 1. The number of aromatic nitrogens is 2. The molecule has 1 saturated carbocycles. The second-order valence-electron chi connectivity index (χ2n) is 7.81. The van der Waals surface area contributed by atoms with Crippen molar-refractivity contribution in [1.29, 1.82) is 0 Å². The largest absolute Gasteiger partial charge is 0.341 e. The molecular weight excluding hydrogens is 358 g/mol. The third-order valence-electron chi connectivity index (χ3n) is 5.55. The highest BCUT2D eigenvalue weighted by molar-refractivity contribution is 5.81. The number of benzene rings is 2. The van der Waals surface area contributed by atoms with Crippen LogP contribution < -0.4 is 10.7 Å². The van der Waals surface area contributed by atoms with Crippen LogP contribution in [0.3, 0.4) is 0 Å². The van der Waals surface area contributed by atoms with Crippen LogP contribution >= 0.6 is 0 Å². The van der Waals surface area contributed by atoms with Gasteiger partial charge in [-0.05, 0) is 68.0 Å². The third kappa shape index (κ3) is 3.54. The predicted molar refractivity (Wildman–Crippen MR) is 118 cm³/mol. The van der Waals surface area contributed by atoms with Crippen LogP contribution in [0.5, 0.6) is 0 Å². The van der Waals surface area contributed by atoms with E-state index in [1.807, 2.05) is 72.2 Å². The Morgan fingerprint density at radius 1 is 1.00 bits per heavy atom. The first kappa shape index (κ1) is 17.7. The fourth-order valence-electron chi connectivity index (χ4n) is 3.81. The maximum absolute atomic E-state index is 13.0. The Bertz CT molecular complexity index is 1230. The molecule has 0 bridgehead atoms.